The van der Waals surface area contributed by atoms with Gasteiger partial charge in [-0.2, -0.15) is 0 Å². The fourth-order valence-electron chi connectivity index (χ4n) is 1.99. The first-order valence-corrected chi connectivity index (χ1v) is 10.0. The lowest BCUT2D eigenvalue weighted by atomic mass is 10.2. The summed E-state index contributed by atoms with van der Waals surface area (Å²) in [4.78, 5) is 9.28. The summed E-state index contributed by atoms with van der Waals surface area (Å²) in [6, 6.07) is 10.1. The molecule has 1 N–H and O–H groups in total. The highest BCUT2D eigenvalue weighted by Gasteiger charge is 2.08. The number of thioether (sulfide) groups is 2. The highest BCUT2D eigenvalue weighted by Crippen LogP contribution is 2.26. The van der Waals surface area contributed by atoms with Gasteiger partial charge in [0.1, 0.15) is 16.6 Å². The highest BCUT2D eigenvalue weighted by molar-refractivity contribution is 8.00. The quantitative estimate of drug-likeness (QED) is 0.380. The van der Waals surface area contributed by atoms with Gasteiger partial charge in [0, 0.05) is 23.6 Å². The van der Waals surface area contributed by atoms with E-state index in [-0.39, 0.29) is 0 Å². The molecule has 0 unspecified atom stereocenters. The van der Waals surface area contributed by atoms with Crippen LogP contribution in [0.15, 0.2) is 40.5 Å². The maximum Gasteiger partial charge on any atom is 0.190 e. The zero-order valence-corrected chi connectivity index (χ0v) is 16.3. The van der Waals surface area contributed by atoms with Crippen LogP contribution in [0.2, 0.25) is 0 Å². The van der Waals surface area contributed by atoms with Gasteiger partial charge in [0.25, 0.3) is 0 Å². The lowest BCUT2D eigenvalue weighted by Gasteiger charge is -2.11. The van der Waals surface area contributed by atoms with Crippen molar-refractivity contribution in [3.8, 4) is 5.75 Å². The summed E-state index contributed by atoms with van der Waals surface area (Å²) < 4.78 is 5.19. The molecule has 0 aliphatic heterocycles. The van der Waals surface area contributed by atoms with Gasteiger partial charge >= 0.3 is 0 Å². The molecule has 1 aromatic heterocycles. The molecule has 0 spiro atoms. The van der Waals surface area contributed by atoms with Crippen molar-refractivity contribution in [1.82, 2.24) is 9.97 Å². The van der Waals surface area contributed by atoms with E-state index in [9.17, 15) is 0 Å². The van der Waals surface area contributed by atoms with Crippen LogP contribution in [-0.4, -0.2) is 28.1 Å². The van der Waals surface area contributed by atoms with Crippen LogP contribution in [0.1, 0.15) is 32.8 Å². The molecule has 1 heterocycles. The third-order valence-corrected chi connectivity index (χ3v) is 5.08. The topological polar surface area (TPSA) is 47.0 Å². The number of ether oxygens (including phenoxy) is 1. The normalized spacial score (nSPS) is 10.9. The van der Waals surface area contributed by atoms with Gasteiger partial charge in [0.15, 0.2) is 5.16 Å². The minimum atomic E-state index is 0.498. The van der Waals surface area contributed by atoms with E-state index < -0.39 is 0 Å². The highest BCUT2D eigenvalue weighted by atomic mass is 32.2. The third kappa shape index (κ3) is 6.24. The summed E-state index contributed by atoms with van der Waals surface area (Å²) in [5.74, 6) is 2.78. The molecule has 0 aliphatic rings. The Balaban J connectivity index is 2.08. The Morgan fingerprint density at radius 3 is 2.54 bits per heavy atom. The number of methoxy groups -OCH3 is 1. The second kappa shape index (κ2) is 9.79. The molecule has 6 heteroatoms. The summed E-state index contributed by atoms with van der Waals surface area (Å²) >= 11 is 3.48. The summed E-state index contributed by atoms with van der Waals surface area (Å²) in [5.41, 5.74) is 1.19. The maximum absolute atomic E-state index is 5.19. The van der Waals surface area contributed by atoms with Gasteiger partial charge in [-0.3, -0.25) is 0 Å². The van der Waals surface area contributed by atoms with Crippen molar-refractivity contribution < 1.29 is 4.74 Å². The van der Waals surface area contributed by atoms with Crippen LogP contribution >= 0.6 is 23.5 Å². The van der Waals surface area contributed by atoms with E-state index >= 15 is 0 Å². The molecule has 2 rings (SSSR count). The van der Waals surface area contributed by atoms with E-state index in [0.29, 0.717) is 5.25 Å². The van der Waals surface area contributed by atoms with E-state index in [4.69, 9.17) is 4.74 Å². The van der Waals surface area contributed by atoms with E-state index in [1.54, 1.807) is 30.6 Å². The summed E-state index contributed by atoms with van der Waals surface area (Å²) in [6.45, 7) is 7.25. The zero-order valence-electron chi connectivity index (χ0n) is 14.7. The van der Waals surface area contributed by atoms with Crippen molar-refractivity contribution in [3.05, 3.63) is 35.9 Å². The number of nitrogens with zero attached hydrogens (tertiary/aromatic N) is 2. The fourth-order valence-corrected chi connectivity index (χ4v) is 3.56. The van der Waals surface area contributed by atoms with Gasteiger partial charge in [0.2, 0.25) is 0 Å². The average Bonchev–Trinajstić information content (AvgIpc) is 2.58. The first-order valence-electron chi connectivity index (χ1n) is 8.16. The van der Waals surface area contributed by atoms with Crippen LogP contribution in [-0.2, 0) is 6.54 Å². The smallest absolute Gasteiger partial charge is 0.190 e. The van der Waals surface area contributed by atoms with E-state index in [2.05, 4.69) is 48.2 Å². The predicted octanol–water partition coefficient (Wildman–Crippen LogP) is 5.10. The molecule has 0 bridgehead atoms. The molecule has 0 saturated carbocycles. The molecule has 4 nitrogen and oxygen atoms in total. The van der Waals surface area contributed by atoms with Gasteiger partial charge in [-0.05, 0) is 24.1 Å². The number of anilines is 1. The lowest BCUT2D eigenvalue weighted by Crippen LogP contribution is -2.04. The third-order valence-electron chi connectivity index (χ3n) is 3.11. The molecule has 0 atom stereocenters. The molecule has 0 aliphatic carbocycles. The van der Waals surface area contributed by atoms with E-state index in [1.165, 1.54) is 5.56 Å². The molecule has 0 radical (unpaired) electrons. The maximum atomic E-state index is 5.19. The molecule has 130 valence electrons. The standard InChI is InChI=1S/C18H25N3OS2/c1-5-10-23-18-20-16(11-17(21-18)24-13(2)3)19-12-14-6-8-15(22-4)9-7-14/h6-9,11,13H,5,10,12H2,1-4H3,(H,19,20,21). The number of hydrogen-bond acceptors (Lipinski definition) is 6. The second-order valence-corrected chi connectivity index (χ2v) is 8.25. The Bertz CT molecular complexity index is 633. The Hall–Kier alpha value is -1.40. The summed E-state index contributed by atoms with van der Waals surface area (Å²) in [6.07, 6.45) is 1.12. The van der Waals surface area contributed by atoms with Crippen molar-refractivity contribution >= 4 is 29.3 Å². The minimum absolute atomic E-state index is 0.498. The summed E-state index contributed by atoms with van der Waals surface area (Å²) in [7, 11) is 1.68. The van der Waals surface area contributed by atoms with Crippen LogP contribution < -0.4 is 10.1 Å². The van der Waals surface area contributed by atoms with Crippen LogP contribution in [0.5, 0.6) is 5.75 Å². The molecule has 24 heavy (non-hydrogen) atoms. The van der Waals surface area contributed by atoms with Crippen molar-refractivity contribution in [2.45, 2.75) is 49.2 Å². The molecule has 0 amide bonds. The molecular weight excluding hydrogens is 338 g/mol. The first-order chi connectivity index (χ1) is 11.6. The van der Waals surface area contributed by atoms with Crippen LogP contribution in [0, 0.1) is 0 Å². The van der Waals surface area contributed by atoms with Crippen molar-refractivity contribution in [2.75, 3.05) is 18.2 Å². The Kier molecular flexibility index (Phi) is 7.72. The van der Waals surface area contributed by atoms with E-state index in [0.717, 1.165) is 40.5 Å². The van der Waals surface area contributed by atoms with Gasteiger partial charge in [-0.25, -0.2) is 9.97 Å². The van der Waals surface area contributed by atoms with Crippen molar-refractivity contribution in [3.63, 3.8) is 0 Å². The number of rotatable bonds is 9. The van der Waals surface area contributed by atoms with Gasteiger partial charge in [-0.1, -0.05) is 44.7 Å². The first kappa shape index (κ1) is 18.9. The average molecular weight is 364 g/mol. The van der Waals surface area contributed by atoms with Crippen molar-refractivity contribution in [2.24, 2.45) is 0 Å². The molecule has 2 aromatic rings. The van der Waals surface area contributed by atoms with Crippen molar-refractivity contribution in [1.29, 1.82) is 0 Å². The monoisotopic (exact) mass is 363 g/mol. The fraction of sp³-hybridized carbons (Fsp3) is 0.444. The number of hydrogen-bond donors (Lipinski definition) is 1. The Labute approximate surface area is 153 Å². The van der Waals surface area contributed by atoms with Gasteiger partial charge in [-0.15, -0.1) is 11.8 Å². The molecular formula is C18H25N3OS2. The number of aromatic nitrogens is 2. The zero-order chi connectivity index (χ0) is 17.4. The number of nitrogens with one attached hydrogen (secondary N) is 1. The molecule has 1 aromatic carbocycles. The molecule has 0 saturated heterocycles. The summed E-state index contributed by atoms with van der Waals surface area (Å²) in [5, 5.41) is 5.78. The van der Waals surface area contributed by atoms with Gasteiger partial charge in [0.05, 0.1) is 7.11 Å². The predicted molar refractivity (Wildman–Crippen MR) is 104 cm³/mol. The SMILES string of the molecule is CCCSc1nc(NCc2ccc(OC)cc2)cc(SC(C)C)n1. The van der Waals surface area contributed by atoms with Crippen LogP contribution in [0.4, 0.5) is 5.82 Å². The van der Waals surface area contributed by atoms with Crippen LogP contribution in [0.25, 0.3) is 0 Å². The van der Waals surface area contributed by atoms with Gasteiger partial charge < -0.3 is 10.1 Å². The van der Waals surface area contributed by atoms with E-state index in [1.807, 2.05) is 18.2 Å². The second-order valence-electron chi connectivity index (χ2n) is 5.59. The Morgan fingerprint density at radius 2 is 1.92 bits per heavy atom. The number of benzene rings is 1. The molecule has 0 fully saturated rings. The minimum Gasteiger partial charge on any atom is -0.497 e. The lowest BCUT2D eigenvalue weighted by molar-refractivity contribution is 0.414. The largest absolute Gasteiger partial charge is 0.497 e. The van der Waals surface area contributed by atoms with Crippen LogP contribution in [0.3, 0.4) is 0 Å². The Morgan fingerprint density at radius 1 is 1.17 bits per heavy atom.